The molecule has 12 aromatic rings. The maximum absolute atomic E-state index is 9.82. The standard InChI is InChI=1S/4C18H14O4.2C4H8O2.6H2O/c4*19-15-5-13(6-16(20)9-15)11-1-2-12(4-3-11)14-7-17(21)10-18(22)8-14;2*1-3-6-4(2)5;;;;;;/h4*1-10,19-22H;2*3H2,1-2H3;6*1H2. The van der Waals surface area contributed by atoms with E-state index in [4.69, 9.17) is 0 Å². The number of hydrogen-bond donors (Lipinski definition) is 16. The summed E-state index contributed by atoms with van der Waals surface area (Å²) in [5, 5.41) is 153. The quantitative estimate of drug-likeness (QED) is 0.0565. The van der Waals surface area contributed by atoms with E-state index in [1.165, 1.54) is 62.4 Å². The molecule has 0 amide bonds. The van der Waals surface area contributed by atoms with Gasteiger partial charge in [0.05, 0.1) is 13.2 Å². The molecule has 28 N–H and O–H groups in total. The van der Waals surface area contributed by atoms with Crippen molar-refractivity contribution in [2.75, 3.05) is 13.2 Å². The van der Waals surface area contributed by atoms with Gasteiger partial charge in [-0.1, -0.05) is 97.1 Å². The van der Waals surface area contributed by atoms with E-state index in [0.29, 0.717) is 57.7 Å². The summed E-state index contributed by atoms with van der Waals surface area (Å²) in [5.74, 6) is -0.466. The van der Waals surface area contributed by atoms with Crippen LogP contribution in [0.1, 0.15) is 27.7 Å². The van der Waals surface area contributed by atoms with E-state index in [2.05, 4.69) is 9.47 Å². The minimum absolute atomic E-state index is 0. The molecule has 26 heteroatoms. The molecule has 0 aliphatic carbocycles. The first kappa shape index (κ1) is 90.2. The third kappa shape index (κ3) is 27.9. The van der Waals surface area contributed by atoms with E-state index in [9.17, 15) is 91.3 Å². The highest BCUT2D eigenvalue weighted by Crippen LogP contribution is 2.38. The molecular formula is C80H84O26. The lowest BCUT2D eigenvalue weighted by Crippen LogP contribution is -1.95. The van der Waals surface area contributed by atoms with Crippen molar-refractivity contribution in [1.82, 2.24) is 0 Å². The second-order valence-electron chi connectivity index (χ2n) is 22.1. The van der Waals surface area contributed by atoms with Crippen LogP contribution in [0, 0.1) is 0 Å². The molecule has 26 nitrogen and oxygen atoms in total. The number of phenols is 16. The summed E-state index contributed by atoms with van der Waals surface area (Å²) in [6, 6.07) is 64.6. The summed E-state index contributed by atoms with van der Waals surface area (Å²) in [6.45, 7) is 7.31. The van der Waals surface area contributed by atoms with Gasteiger partial charge in [0.15, 0.2) is 0 Å². The van der Waals surface area contributed by atoms with Gasteiger partial charge in [-0.05, 0) is 200 Å². The van der Waals surface area contributed by atoms with Crippen molar-refractivity contribution in [1.29, 1.82) is 0 Å². The summed E-state index contributed by atoms with van der Waals surface area (Å²) in [5.41, 5.74) is 12.2. The van der Waals surface area contributed by atoms with Crippen molar-refractivity contribution in [3.05, 3.63) is 243 Å². The smallest absolute Gasteiger partial charge is 0.302 e. The Morgan fingerprint density at radius 1 is 0.189 bits per heavy atom. The Morgan fingerprint density at radius 3 is 0.330 bits per heavy atom. The van der Waals surface area contributed by atoms with Gasteiger partial charge in [-0.25, -0.2) is 0 Å². The zero-order valence-electron chi connectivity index (χ0n) is 57.3. The molecule has 0 fully saturated rings. The van der Waals surface area contributed by atoms with Gasteiger partial charge in [-0.15, -0.1) is 0 Å². The molecular weight excluding hydrogens is 1380 g/mol. The SMILES string of the molecule is CCOC(C)=O.CCOC(C)=O.O.O.O.O.O.O.Oc1cc(O)cc(-c2ccc(-c3cc(O)cc(O)c3)cc2)c1.Oc1cc(O)cc(-c2ccc(-c3cc(O)cc(O)c3)cc2)c1.Oc1cc(O)cc(-c2ccc(-c3cc(O)cc(O)c3)cc2)c1.Oc1cc(O)cc(-c2ccc(-c3cc(O)cc(O)c3)cc2)c1. The van der Waals surface area contributed by atoms with Crippen LogP contribution in [0.25, 0.3) is 89.0 Å². The predicted octanol–water partition coefficient (Wildman–Crippen LogP) is 11.6. The molecule has 560 valence electrons. The molecule has 0 heterocycles. The number of esters is 2. The van der Waals surface area contributed by atoms with Gasteiger partial charge >= 0.3 is 11.9 Å². The number of phenolic OH excluding ortho intramolecular Hbond substituents is 16. The van der Waals surface area contributed by atoms with Gasteiger partial charge in [-0.3, -0.25) is 9.59 Å². The third-order valence-corrected chi connectivity index (χ3v) is 14.1. The number of rotatable bonds is 10. The Labute approximate surface area is 607 Å². The molecule has 0 aliphatic rings. The van der Waals surface area contributed by atoms with Gasteiger partial charge in [0.2, 0.25) is 0 Å². The number of carbonyl (C=O) groups excluding carboxylic acids is 2. The Balaban J connectivity index is 0.000000659. The molecule has 106 heavy (non-hydrogen) atoms. The molecule has 0 saturated heterocycles. The lowest BCUT2D eigenvalue weighted by Gasteiger charge is -2.07. The Kier molecular flexibility index (Phi) is 36.1. The molecule has 0 aromatic heterocycles. The topological polar surface area (TPSA) is 565 Å². The van der Waals surface area contributed by atoms with Crippen molar-refractivity contribution >= 4 is 11.9 Å². The highest BCUT2D eigenvalue weighted by atomic mass is 16.5. The van der Waals surface area contributed by atoms with Gasteiger partial charge < -0.3 is 124 Å². The lowest BCUT2D eigenvalue weighted by atomic mass is 9.99. The summed E-state index contributed by atoms with van der Waals surface area (Å²) in [6.07, 6.45) is 0. The number of benzene rings is 12. The molecule has 0 spiro atoms. The second kappa shape index (κ2) is 42.4. The monoisotopic (exact) mass is 1460 g/mol. The van der Waals surface area contributed by atoms with Gasteiger partial charge in [0.1, 0.15) is 92.0 Å². The minimum atomic E-state index is -0.211. The summed E-state index contributed by atoms with van der Waals surface area (Å²) in [4.78, 5) is 19.6. The molecule has 12 aromatic carbocycles. The number of carbonyl (C=O) groups is 2. The van der Waals surface area contributed by atoms with E-state index in [1.807, 2.05) is 97.1 Å². The average molecular weight is 1460 g/mol. The molecule has 0 unspecified atom stereocenters. The molecule has 0 radical (unpaired) electrons. The highest BCUT2D eigenvalue weighted by molar-refractivity contribution is 5.78. The van der Waals surface area contributed by atoms with Crippen LogP contribution in [0.3, 0.4) is 0 Å². The second-order valence-corrected chi connectivity index (χ2v) is 22.1. The van der Waals surface area contributed by atoms with Gasteiger partial charge in [0, 0.05) is 62.4 Å². The van der Waals surface area contributed by atoms with Gasteiger partial charge in [-0.2, -0.15) is 0 Å². The van der Waals surface area contributed by atoms with Crippen molar-refractivity contribution < 1.29 is 134 Å². The van der Waals surface area contributed by atoms with Crippen LogP contribution >= 0.6 is 0 Å². The van der Waals surface area contributed by atoms with E-state index < -0.39 is 0 Å². The molecule has 0 saturated carbocycles. The van der Waals surface area contributed by atoms with Crippen molar-refractivity contribution in [3.63, 3.8) is 0 Å². The summed E-state index contributed by atoms with van der Waals surface area (Å²) >= 11 is 0. The van der Waals surface area contributed by atoms with E-state index in [-0.39, 0.29) is 137 Å². The Bertz CT molecular complexity index is 3730. The minimum Gasteiger partial charge on any atom is -0.508 e. The first-order chi connectivity index (χ1) is 47.6. The van der Waals surface area contributed by atoms with E-state index in [0.717, 1.165) is 44.5 Å². The zero-order valence-corrected chi connectivity index (χ0v) is 57.3. The first-order valence-corrected chi connectivity index (χ1v) is 30.5. The normalized spacial score (nSPS) is 9.62. The number of aromatic hydroxyl groups is 16. The molecule has 0 aliphatic heterocycles. The maximum Gasteiger partial charge on any atom is 0.302 e. The average Bonchev–Trinajstić information content (AvgIpc) is 0.834. The van der Waals surface area contributed by atoms with Crippen LogP contribution in [-0.2, 0) is 19.1 Å². The number of ether oxygens (including phenoxy) is 2. The van der Waals surface area contributed by atoms with Crippen molar-refractivity contribution in [2.45, 2.75) is 27.7 Å². The maximum atomic E-state index is 9.82. The fraction of sp³-hybridized carbons (Fsp3) is 0.0750. The van der Waals surface area contributed by atoms with Crippen LogP contribution < -0.4 is 0 Å². The first-order valence-electron chi connectivity index (χ1n) is 30.5. The Morgan fingerprint density at radius 2 is 0.274 bits per heavy atom. The fourth-order valence-electron chi connectivity index (χ4n) is 9.92. The third-order valence-electron chi connectivity index (χ3n) is 14.1. The van der Waals surface area contributed by atoms with Crippen LogP contribution in [0.5, 0.6) is 92.0 Å². The molecule has 0 atom stereocenters. The number of hydrogen-bond acceptors (Lipinski definition) is 20. The van der Waals surface area contributed by atoms with Gasteiger partial charge in [0.25, 0.3) is 0 Å². The van der Waals surface area contributed by atoms with Crippen LogP contribution in [0.4, 0.5) is 0 Å². The van der Waals surface area contributed by atoms with Crippen molar-refractivity contribution in [3.8, 4) is 181 Å². The molecule has 12 rings (SSSR count). The summed E-state index contributed by atoms with van der Waals surface area (Å²) < 4.78 is 8.81. The van der Waals surface area contributed by atoms with Crippen LogP contribution in [0.15, 0.2) is 243 Å². The van der Waals surface area contributed by atoms with Crippen molar-refractivity contribution in [2.24, 2.45) is 0 Å². The lowest BCUT2D eigenvalue weighted by molar-refractivity contribution is -0.141. The predicted molar refractivity (Wildman–Crippen MR) is 402 cm³/mol. The zero-order chi connectivity index (χ0) is 72.7. The Hall–Kier alpha value is -13.9. The largest absolute Gasteiger partial charge is 0.508 e. The van der Waals surface area contributed by atoms with Crippen LogP contribution in [-0.4, -0.2) is 140 Å². The van der Waals surface area contributed by atoms with E-state index >= 15 is 0 Å². The van der Waals surface area contributed by atoms with E-state index in [1.54, 1.807) is 111 Å². The highest BCUT2D eigenvalue weighted by Gasteiger charge is 2.11. The fourth-order valence-corrected chi connectivity index (χ4v) is 9.92. The molecule has 0 bridgehead atoms. The summed E-state index contributed by atoms with van der Waals surface area (Å²) in [7, 11) is 0. The van der Waals surface area contributed by atoms with Crippen LogP contribution in [0.2, 0.25) is 0 Å².